The van der Waals surface area contributed by atoms with Crippen molar-refractivity contribution in [3.05, 3.63) is 30.0 Å². The number of aromatic nitrogens is 1. The Kier molecular flexibility index (Phi) is 2.72. The minimum Gasteiger partial charge on any atom is -0.399 e. The Bertz CT molecular complexity index is 696. The quantitative estimate of drug-likeness (QED) is 0.807. The van der Waals surface area contributed by atoms with Gasteiger partial charge in [0.15, 0.2) is 0 Å². The summed E-state index contributed by atoms with van der Waals surface area (Å²) in [6, 6.07) is 7.72. The maximum Gasteiger partial charge on any atom is 0.497 e. The normalized spacial score (nSPS) is 20.2. The molecule has 0 radical (unpaired) electrons. The molecule has 0 saturated carbocycles. The molecule has 3 rings (SSSR count). The highest BCUT2D eigenvalue weighted by Gasteiger charge is 2.52. The number of fused-ring (bicyclic) bond motifs is 1. The molecule has 0 unspecified atom stereocenters. The summed E-state index contributed by atoms with van der Waals surface area (Å²) in [4.78, 5) is 3.18. The van der Waals surface area contributed by atoms with Crippen molar-refractivity contribution in [1.82, 2.24) is 4.98 Å². The van der Waals surface area contributed by atoms with Gasteiger partial charge in [-0.3, -0.25) is 0 Å². The average molecular weight is 268 g/mol. The number of H-pyrrole nitrogens is 1. The highest BCUT2D eigenvalue weighted by atomic mass is 16.7. The lowest BCUT2D eigenvalue weighted by atomic mass is 9.79. The second kappa shape index (κ2) is 4.11. The fourth-order valence-corrected chi connectivity index (χ4v) is 2.38. The summed E-state index contributed by atoms with van der Waals surface area (Å²) in [6.07, 6.45) is 1.90. The van der Waals surface area contributed by atoms with Crippen LogP contribution in [0.1, 0.15) is 33.3 Å². The van der Waals surface area contributed by atoms with Crippen molar-refractivity contribution in [2.24, 2.45) is 0 Å². The molecule has 0 atom stereocenters. The van der Waals surface area contributed by atoms with Crippen molar-refractivity contribution in [3.63, 3.8) is 0 Å². The van der Waals surface area contributed by atoms with Crippen LogP contribution in [-0.4, -0.2) is 23.3 Å². The standard InChI is InChI=1S/C15H17BN2O2/c1-14(2)15(3,4)20-16(19-14)12-9-18-13-7-10(8-17)5-6-11(12)13/h5-7,9,18H,1-4H3. The Labute approximate surface area is 118 Å². The monoisotopic (exact) mass is 268 g/mol. The summed E-state index contributed by atoms with van der Waals surface area (Å²) in [7, 11) is -0.387. The molecule has 20 heavy (non-hydrogen) atoms. The van der Waals surface area contributed by atoms with Gasteiger partial charge in [-0.1, -0.05) is 6.07 Å². The Morgan fingerprint density at radius 1 is 1.15 bits per heavy atom. The molecule has 4 nitrogen and oxygen atoms in total. The van der Waals surface area contributed by atoms with Gasteiger partial charge in [-0.25, -0.2) is 0 Å². The second-order valence-corrected chi connectivity index (χ2v) is 6.20. The van der Waals surface area contributed by atoms with E-state index in [0.717, 1.165) is 16.4 Å². The van der Waals surface area contributed by atoms with Gasteiger partial charge < -0.3 is 14.3 Å². The van der Waals surface area contributed by atoms with Crippen molar-refractivity contribution in [2.75, 3.05) is 0 Å². The molecule has 1 saturated heterocycles. The van der Waals surface area contributed by atoms with Crippen LogP contribution in [0.5, 0.6) is 0 Å². The second-order valence-electron chi connectivity index (χ2n) is 6.20. The van der Waals surface area contributed by atoms with Crippen LogP contribution in [-0.2, 0) is 9.31 Å². The fourth-order valence-electron chi connectivity index (χ4n) is 2.38. The first-order valence-corrected chi connectivity index (χ1v) is 6.71. The van der Waals surface area contributed by atoms with E-state index in [1.54, 1.807) is 0 Å². The third-order valence-electron chi connectivity index (χ3n) is 4.35. The first-order chi connectivity index (χ1) is 9.34. The predicted octanol–water partition coefficient (Wildman–Crippen LogP) is 2.34. The van der Waals surface area contributed by atoms with Crippen LogP contribution in [0.3, 0.4) is 0 Å². The largest absolute Gasteiger partial charge is 0.497 e. The Morgan fingerprint density at radius 2 is 1.80 bits per heavy atom. The zero-order chi connectivity index (χ0) is 14.5. The summed E-state index contributed by atoms with van der Waals surface area (Å²) in [5, 5.41) is 9.97. The number of nitrogens with one attached hydrogen (secondary N) is 1. The summed E-state index contributed by atoms with van der Waals surface area (Å²) in [6.45, 7) is 8.15. The number of benzene rings is 1. The third kappa shape index (κ3) is 1.84. The zero-order valence-electron chi connectivity index (χ0n) is 12.2. The minimum absolute atomic E-state index is 0.353. The molecular weight excluding hydrogens is 251 g/mol. The molecule has 102 valence electrons. The Morgan fingerprint density at radius 3 is 2.40 bits per heavy atom. The maximum atomic E-state index is 8.94. The van der Waals surface area contributed by atoms with Gasteiger partial charge in [-0.2, -0.15) is 5.26 Å². The van der Waals surface area contributed by atoms with E-state index in [0.29, 0.717) is 5.56 Å². The molecule has 1 aromatic carbocycles. The average Bonchev–Trinajstić information content (AvgIpc) is 2.87. The predicted molar refractivity (Wildman–Crippen MR) is 78.7 cm³/mol. The number of hydrogen-bond donors (Lipinski definition) is 1. The molecule has 0 spiro atoms. The summed E-state index contributed by atoms with van der Waals surface area (Å²) in [5.74, 6) is 0. The van der Waals surface area contributed by atoms with E-state index in [-0.39, 0.29) is 18.3 Å². The van der Waals surface area contributed by atoms with Crippen LogP contribution in [0.2, 0.25) is 0 Å². The first-order valence-electron chi connectivity index (χ1n) is 6.71. The topological polar surface area (TPSA) is 58.0 Å². The Hall–Kier alpha value is -1.77. The van der Waals surface area contributed by atoms with Gasteiger partial charge in [0.05, 0.1) is 22.8 Å². The number of rotatable bonds is 1. The van der Waals surface area contributed by atoms with Crippen molar-refractivity contribution < 1.29 is 9.31 Å². The molecule has 1 aliphatic heterocycles. The maximum absolute atomic E-state index is 8.94. The van der Waals surface area contributed by atoms with E-state index in [1.807, 2.05) is 52.1 Å². The molecular formula is C15H17BN2O2. The molecule has 1 fully saturated rings. The summed E-state index contributed by atoms with van der Waals surface area (Å²) < 4.78 is 12.1. The van der Waals surface area contributed by atoms with Crippen LogP contribution in [0, 0.1) is 11.3 Å². The highest BCUT2D eigenvalue weighted by Crippen LogP contribution is 2.37. The van der Waals surface area contributed by atoms with Crippen LogP contribution in [0.15, 0.2) is 24.4 Å². The lowest BCUT2D eigenvalue weighted by Gasteiger charge is -2.32. The van der Waals surface area contributed by atoms with Gasteiger partial charge in [0.25, 0.3) is 0 Å². The first kappa shape index (κ1) is 13.2. The molecule has 1 N–H and O–H groups in total. The van der Waals surface area contributed by atoms with Gasteiger partial charge >= 0.3 is 7.12 Å². The highest BCUT2D eigenvalue weighted by molar-refractivity contribution is 6.65. The van der Waals surface area contributed by atoms with Gasteiger partial charge in [0.1, 0.15) is 0 Å². The minimum atomic E-state index is -0.387. The SMILES string of the molecule is CC1(C)OB(c2c[nH]c3cc(C#N)ccc23)OC1(C)C. The number of nitrogens with zero attached hydrogens (tertiary/aromatic N) is 1. The van der Waals surface area contributed by atoms with Crippen LogP contribution in [0.4, 0.5) is 0 Å². The molecule has 1 aromatic heterocycles. The fraction of sp³-hybridized carbons (Fsp3) is 0.400. The molecule has 2 aromatic rings. The van der Waals surface area contributed by atoms with Crippen LogP contribution in [0.25, 0.3) is 10.9 Å². The van der Waals surface area contributed by atoms with E-state index in [1.165, 1.54) is 0 Å². The van der Waals surface area contributed by atoms with Crippen LogP contribution < -0.4 is 5.46 Å². The smallest absolute Gasteiger partial charge is 0.399 e. The summed E-state index contributed by atoms with van der Waals surface area (Å²) >= 11 is 0. The summed E-state index contributed by atoms with van der Waals surface area (Å²) in [5.41, 5.74) is 1.83. The van der Waals surface area contributed by atoms with E-state index >= 15 is 0 Å². The lowest BCUT2D eigenvalue weighted by Crippen LogP contribution is -2.41. The lowest BCUT2D eigenvalue weighted by molar-refractivity contribution is 0.00578. The van der Waals surface area contributed by atoms with Crippen molar-refractivity contribution >= 4 is 23.5 Å². The van der Waals surface area contributed by atoms with E-state index < -0.39 is 0 Å². The van der Waals surface area contributed by atoms with E-state index in [4.69, 9.17) is 14.6 Å². The molecule has 5 heteroatoms. The van der Waals surface area contributed by atoms with Gasteiger partial charge in [-0.15, -0.1) is 0 Å². The number of aromatic amines is 1. The van der Waals surface area contributed by atoms with Gasteiger partial charge in [0, 0.05) is 17.2 Å². The van der Waals surface area contributed by atoms with E-state index in [2.05, 4.69) is 11.1 Å². The zero-order valence-corrected chi connectivity index (χ0v) is 12.2. The van der Waals surface area contributed by atoms with Crippen molar-refractivity contribution in [3.8, 4) is 6.07 Å². The van der Waals surface area contributed by atoms with Gasteiger partial charge in [-0.05, 0) is 45.2 Å². The number of hydrogen-bond acceptors (Lipinski definition) is 3. The van der Waals surface area contributed by atoms with Crippen LogP contribution >= 0.6 is 0 Å². The molecule has 1 aliphatic rings. The number of nitriles is 1. The third-order valence-corrected chi connectivity index (χ3v) is 4.35. The molecule has 2 heterocycles. The molecule has 0 amide bonds. The molecule has 0 aliphatic carbocycles. The Balaban J connectivity index is 2.03. The van der Waals surface area contributed by atoms with Crippen molar-refractivity contribution in [1.29, 1.82) is 5.26 Å². The van der Waals surface area contributed by atoms with Gasteiger partial charge in [0.2, 0.25) is 0 Å². The van der Waals surface area contributed by atoms with E-state index in [9.17, 15) is 0 Å². The van der Waals surface area contributed by atoms with Crippen molar-refractivity contribution in [2.45, 2.75) is 38.9 Å². The molecule has 0 bridgehead atoms.